The molecule has 0 aliphatic heterocycles. The van der Waals surface area contributed by atoms with Gasteiger partial charge in [0.05, 0.1) is 0 Å². The topological polar surface area (TPSA) is 0 Å². The number of unbranched alkanes of at least 4 members (excludes halogenated alkanes) is 4. The van der Waals surface area contributed by atoms with Crippen LogP contribution in [0.4, 0.5) is 0 Å². The summed E-state index contributed by atoms with van der Waals surface area (Å²) >= 11 is 0. The van der Waals surface area contributed by atoms with Gasteiger partial charge in [0.1, 0.15) is 0 Å². The molecule has 0 fully saturated rings. The fourth-order valence-corrected chi connectivity index (χ4v) is 4.90. The van der Waals surface area contributed by atoms with Gasteiger partial charge in [0.2, 0.25) is 0 Å². The number of benzene rings is 2. The summed E-state index contributed by atoms with van der Waals surface area (Å²) in [4.78, 5) is 0. The number of hydrogen-bond donors (Lipinski definition) is 0. The molecule has 0 saturated carbocycles. The second-order valence-corrected chi connectivity index (χ2v) is 15.3. The zero-order valence-corrected chi connectivity index (χ0v) is 44.3. The van der Waals surface area contributed by atoms with Crippen LogP contribution < -0.4 is 0 Å². The Labute approximate surface area is 385 Å². The number of hydrogen-bond acceptors (Lipinski definition) is 0. The van der Waals surface area contributed by atoms with Gasteiger partial charge in [0.25, 0.3) is 0 Å². The van der Waals surface area contributed by atoms with Gasteiger partial charge in [-0.15, -0.1) is 56.9 Å². The van der Waals surface area contributed by atoms with Crippen molar-refractivity contribution >= 4 is 21.5 Å². The van der Waals surface area contributed by atoms with Crippen LogP contribution in [0.2, 0.25) is 0 Å². The van der Waals surface area contributed by atoms with Crippen LogP contribution in [0.15, 0.2) is 48.5 Å². The minimum atomic E-state index is 0. The maximum atomic E-state index is 3.60. The Kier molecular flexibility index (Phi) is 46.5. The Hall–Kier alpha value is -0.574. The van der Waals surface area contributed by atoms with E-state index in [0.29, 0.717) is 23.7 Å². The third-order valence-corrected chi connectivity index (χ3v) is 8.68. The van der Waals surface area contributed by atoms with Crippen LogP contribution in [0.1, 0.15) is 219 Å². The van der Waals surface area contributed by atoms with Gasteiger partial charge in [-0.05, 0) is 36.5 Å². The third-order valence-electron chi connectivity index (χ3n) is 8.68. The normalized spacial score (nSPS) is 9.89. The van der Waals surface area contributed by atoms with Crippen molar-refractivity contribution in [3.05, 3.63) is 116 Å². The molecule has 0 nitrogen and oxygen atoms in total. The van der Waals surface area contributed by atoms with Crippen LogP contribution in [-0.2, 0) is 65.2 Å². The van der Waals surface area contributed by atoms with Gasteiger partial charge < -0.3 is 34.1 Å². The second kappa shape index (κ2) is 40.2. The quantitative estimate of drug-likeness (QED) is 0.139. The van der Waals surface area contributed by atoms with Gasteiger partial charge in [-0.2, -0.15) is 51.7 Å². The van der Waals surface area contributed by atoms with Crippen molar-refractivity contribution in [2.24, 2.45) is 0 Å². The predicted molar refractivity (Wildman–Crippen MR) is 251 cm³/mol. The molecular formula is C53H89Zr2. The standard InChI is InChI=1S/2C17H23.4C4H9.C3H7.2Zr/c2*1-6-13-7-15-9-14(11(2)3)10-16(12(4)5)17(15)8-13;4*1-3-4-2;1-3-2;;/h2*7-12H,6H2,1-5H3;4*1,3-4H2,2H3;3H,1-2H3;;/q7*-1;+3;+4. The van der Waals surface area contributed by atoms with E-state index in [0.717, 1.165) is 38.5 Å². The monoisotopic (exact) mass is 906 g/mol. The summed E-state index contributed by atoms with van der Waals surface area (Å²) < 4.78 is 0. The zero-order chi connectivity index (χ0) is 41.5. The van der Waals surface area contributed by atoms with E-state index in [9.17, 15) is 0 Å². The van der Waals surface area contributed by atoms with Gasteiger partial charge in [0.15, 0.2) is 0 Å². The van der Waals surface area contributed by atoms with Crippen LogP contribution in [0, 0.1) is 34.1 Å². The van der Waals surface area contributed by atoms with Crippen molar-refractivity contribution in [1.29, 1.82) is 0 Å². The van der Waals surface area contributed by atoms with Crippen LogP contribution in [0.3, 0.4) is 0 Å². The van der Waals surface area contributed by atoms with Gasteiger partial charge in [-0.25, -0.2) is 0 Å². The van der Waals surface area contributed by atoms with E-state index in [4.69, 9.17) is 0 Å². The van der Waals surface area contributed by atoms with E-state index in [1.807, 2.05) is 20.3 Å². The minimum absolute atomic E-state index is 0. The second-order valence-electron chi connectivity index (χ2n) is 15.3. The fraction of sp³-hybridized carbons (Fsp3) is 0.566. The van der Waals surface area contributed by atoms with Crippen molar-refractivity contribution in [2.45, 2.75) is 199 Å². The molecule has 0 aliphatic carbocycles. The molecule has 0 aromatic heterocycles. The first-order valence-corrected chi connectivity index (χ1v) is 21.5. The summed E-state index contributed by atoms with van der Waals surface area (Å²) in [7, 11) is 0. The van der Waals surface area contributed by atoms with Crippen molar-refractivity contribution in [3.8, 4) is 0 Å². The molecule has 0 spiro atoms. The maximum absolute atomic E-state index is 3.60. The Morgan fingerprint density at radius 2 is 0.709 bits per heavy atom. The smallest absolute Gasteiger partial charge is 0.343 e. The van der Waals surface area contributed by atoms with Crippen molar-refractivity contribution in [3.63, 3.8) is 0 Å². The Morgan fingerprint density at radius 1 is 0.473 bits per heavy atom. The van der Waals surface area contributed by atoms with Crippen LogP contribution in [0.5, 0.6) is 0 Å². The molecule has 0 amide bonds. The van der Waals surface area contributed by atoms with E-state index in [1.165, 1.54) is 80.6 Å². The molecule has 1 radical (unpaired) electrons. The van der Waals surface area contributed by atoms with E-state index in [-0.39, 0.29) is 52.4 Å². The molecule has 4 rings (SSSR count). The van der Waals surface area contributed by atoms with E-state index in [2.05, 4.69) is 173 Å². The Morgan fingerprint density at radius 3 is 0.873 bits per heavy atom. The van der Waals surface area contributed by atoms with Crippen LogP contribution in [-0.4, -0.2) is 0 Å². The van der Waals surface area contributed by atoms with Crippen molar-refractivity contribution in [1.82, 2.24) is 0 Å². The summed E-state index contributed by atoms with van der Waals surface area (Å²) in [6, 6.07) is 19.0. The Balaban J connectivity index is -0.000000204. The van der Waals surface area contributed by atoms with Gasteiger partial charge in [-0.3, -0.25) is 0 Å². The summed E-state index contributed by atoms with van der Waals surface area (Å²) in [6.07, 6.45) is 13.4. The maximum Gasteiger partial charge on any atom is 4.00 e. The minimum Gasteiger partial charge on any atom is -0.343 e. The first-order valence-electron chi connectivity index (χ1n) is 21.5. The molecule has 0 heterocycles. The summed E-state index contributed by atoms with van der Waals surface area (Å²) in [5.74, 6) is 2.42. The summed E-state index contributed by atoms with van der Waals surface area (Å²) in [5.41, 5.74) is 8.87. The molecule has 4 aromatic rings. The predicted octanol–water partition coefficient (Wildman–Crippen LogP) is 18.4. The average molecular weight is 909 g/mol. The van der Waals surface area contributed by atoms with E-state index in [1.54, 1.807) is 0 Å². The molecule has 0 aliphatic rings. The molecule has 4 aromatic carbocycles. The average Bonchev–Trinajstić information content (AvgIpc) is 3.78. The van der Waals surface area contributed by atoms with E-state index >= 15 is 0 Å². The number of rotatable bonds is 10. The third kappa shape index (κ3) is 27.7. The zero-order valence-electron chi connectivity index (χ0n) is 39.4. The van der Waals surface area contributed by atoms with Gasteiger partial charge in [0, 0.05) is 0 Å². The molecule has 0 N–H and O–H groups in total. The summed E-state index contributed by atoms with van der Waals surface area (Å²) in [5, 5.41) is 5.77. The van der Waals surface area contributed by atoms with Crippen molar-refractivity contribution in [2.75, 3.05) is 0 Å². The largest absolute Gasteiger partial charge is 4.00 e. The van der Waals surface area contributed by atoms with Gasteiger partial charge in [-0.1, -0.05) is 157 Å². The molecule has 2 heteroatoms. The molecule has 0 saturated heterocycles. The first-order chi connectivity index (χ1) is 25.1. The Bertz CT molecular complexity index is 1260. The van der Waals surface area contributed by atoms with Crippen LogP contribution >= 0.6 is 0 Å². The fourth-order valence-electron chi connectivity index (χ4n) is 4.90. The summed E-state index contributed by atoms with van der Waals surface area (Å²) in [6.45, 7) is 49.6. The van der Waals surface area contributed by atoms with Crippen molar-refractivity contribution < 1.29 is 52.4 Å². The molecular weight excluding hydrogens is 819 g/mol. The molecule has 0 atom stereocenters. The number of fused-ring (bicyclic) bond motifs is 2. The van der Waals surface area contributed by atoms with Gasteiger partial charge >= 0.3 is 52.4 Å². The van der Waals surface area contributed by atoms with E-state index < -0.39 is 0 Å². The SMILES string of the molecule is CCc1cc2c(C(C)C)cc(C(C)C)cc2[cH-]1.CCc1cc2c(C(C)C)cc(C(C)C)cc2[cH-]1.C[CH-]C.[CH2-]CCC.[CH2-]CCC.[CH2-]CCC.[CH2-]CCC.[Zr+3].[Zr+4]. The number of aryl methyl sites for hydroxylation is 2. The molecule has 0 unspecified atom stereocenters. The molecule has 0 bridgehead atoms. The first kappa shape index (κ1) is 63.6. The molecule has 55 heavy (non-hydrogen) atoms. The molecule has 309 valence electrons. The van der Waals surface area contributed by atoms with Crippen LogP contribution in [0.25, 0.3) is 21.5 Å².